The van der Waals surface area contributed by atoms with E-state index >= 15 is 0 Å². The van der Waals surface area contributed by atoms with Gasteiger partial charge in [0.1, 0.15) is 6.10 Å². The molecule has 7 nitrogen and oxygen atoms in total. The Bertz CT molecular complexity index is 380. The summed E-state index contributed by atoms with van der Waals surface area (Å²) in [6.07, 6.45) is 5.27. The quantitative estimate of drug-likeness (QED) is 0.669. The lowest BCUT2D eigenvalue weighted by atomic mass is 10.1. The zero-order chi connectivity index (χ0) is 17.0. The molecule has 0 bridgehead atoms. The lowest BCUT2D eigenvalue weighted by Crippen LogP contribution is -2.53. The minimum Gasteiger partial charge on any atom is -0.381 e. The van der Waals surface area contributed by atoms with Crippen LogP contribution in [0.15, 0.2) is 0 Å². The van der Waals surface area contributed by atoms with Crippen LogP contribution in [0, 0.1) is 0 Å². The van der Waals surface area contributed by atoms with Gasteiger partial charge in [-0.25, -0.2) is 0 Å². The SMILES string of the molecule is C1COCC(OC2(OC3CCOCC3)OCCC2OC2CCOC2)C1. The summed E-state index contributed by atoms with van der Waals surface area (Å²) in [5.41, 5.74) is 0. The maximum Gasteiger partial charge on any atom is 0.311 e. The van der Waals surface area contributed by atoms with Gasteiger partial charge in [-0.1, -0.05) is 0 Å². The molecule has 0 aliphatic carbocycles. The van der Waals surface area contributed by atoms with Gasteiger partial charge >= 0.3 is 5.97 Å². The van der Waals surface area contributed by atoms with E-state index in [1.807, 2.05) is 0 Å². The van der Waals surface area contributed by atoms with Crippen molar-refractivity contribution in [2.75, 3.05) is 46.2 Å². The molecule has 0 radical (unpaired) electrons. The molecule has 0 spiro atoms. The van der Waals surface area contributed by atoms with Crippen molar-refractivity contribution in [1.82, 2.24) is 0 Å². The summed E-state index contributed by atoms with van der Waals surface area (Å²) in [6.45, 7) is 4.79. The van der Waals surface area contributed by atoms with E-state index in [1.165, 1.54) is 0 Å². The molecule has 4 aliphatic rings. The molecule has 4 saturated heterocycles. The van der Waals surface area contributed by atoms with Crippen molar-refractivity contribution in [3.63, 3.8) is 0 Å². The van der Waals surface area contributed by atoms with Gasteiger partial charge in [-0.05, 0) is 32.1 Å². The fourth-order valence-electron chi connectivity index (χ4n) is 3.89. The highest BCUT2D eigenvalue weighted by Crippen LogP contribution is 2.37. The summed E-state index contributed by atoms with van der Waals surface area (Å²) in [6, 6.07) is 0. The topological polar surface area (TPSA) is 64.6 Å². The number of rotatable bonds is 6. The molecule has 144 valence electrons. The highest BCUT2D eigenvalue weighted by Gasteiger charge is 2.52. The second kappa shape index (κ2) is 8.61. The Morgan fingerprint density at radius 3 is 2.12 bits per heavy atom. The Hall–Kier alpha value is -0.280. The molecule has 4 atom stereocenters. The lowest BCUT2D eigenvalue weighted by Gasteiger charge is -2.41. The third-order valence-corrected chi connectivity index (χ3v) is 5.27. The zero-order valence-electron chi connectivity index (χ0n) is 14.9. The van der Waals surface area contributed by atoms with Gasteiger partial charge in [0.2, 0.25) is 0 Å². The van der Waals surface area contributed by atoms with Gasteiger partial charge in [0.05, 0.1) is 38.1 Å². The summed E-state index contributed by atoms with van der Waals surface area (Å²) in [5.74, 6) is -1.13. The van der Waals surface area contributed by atoms with Gasteiger partial charge in [0, 0.05) is 32.8 Å². The molecular formula is C18H30O7. The minimum atomic E-state index is -1.13. The van der Waals surface area contributed by atoms with Crippen LogP contribution in [-0.4, -0.2) is 76.6 Å². The summed E-state index contributed by atoms with van der Waals surface area (Å²) >= 11 is 0. The second-order valence-electron chi connectivity index (χ2n) is 7.24. The minimum absolute atomic E-state index is 0.0161. The Morgan fingerprint density at radius 2 is 1.36 bits per heavy atom. The average Bonchev–Trinajstić information content (AvgIpc) is 3.28. The molecule has 0 aromatic carbocycles. The van der Waals surface area contributed by atoms with Crippen molar-refractivity contribution in [3.05, 3.63) is 0 Å². The third kappa shape index (κ3) is 4.53. The van der Waals surface area contributed by atoms with E-state index in [0.717, 1.165) is 65.0 Å². The lowest BCUT2D eigenvalue weighted by molar-refractivity contribution is -0.424. The molecule has 0 aromatic heterocycles. The van der Waals surface area contributed by atoms with E-state index in [4.69, 9.17) is 33.2 Å². The van der Waals surface area contributed by atoms with Crippen LogP contribution in [0.1, 0.15) is 38.5 Å². The number of hydrogen-bond donors (Lipinski definition) is 0. The Labute approximate surface area is 149 Å². The fourth-order valence-corrected chi connectivity index (χ4v) is 3.89. The molecule has 4 unspecified atom stereocenters. The monoisotopic (exact) mass is 358 g/mol. The van der Waals surface area contributed by atoms with Crippen LogP contribution in [0.3, 0.4) is 0 Å². The van der Waals surface area contributed by atoms with Crippen molar-refractivity contribution >= 4 is 0 Å². The molecule has 0 saturated carbocycles. The molecule has 7 heteroatoms. The fraction of sp³-hybridized carbons (Fsp3) is 1.00. The normalized spacial score (nSPS) is 40.6. The van der Waals surface area contributed by atoms with Crippen molar-refractivity contribution in [2.24, 2.45) is 0 Å². The maximum absolute atomic E-state index is 6.42. The zero-order valence-corrected chi connectivity index (χ0v) is 14.9. The van der Waals surface area contributed by atoms with E-state index in [9.17, 15) is 0 Å². The van der Waals surface area contributed by atoms with Gasteiger partial charge in [0.15, 0.2) is 0 Å². The van der Waals surface area contributed by atoms with Gasteiger partial charge < -0.3 is 33.2 Å². The number of hydrogen-bond acceptors (Lipinski definition) is 7. The number of ether oxygens (including phenoxy) is 7. The van der Waals surface area contributed by atoms with Crippen molar-refractivity contribution in [1.29, 1.82) is 0 Å². The molecule has 0 amide bonds. The van der Waals surface area contributed by atoms with Crippen LogP contribution in [0.2, 0.25) is 0 Å². The van der Waals surface area contributed by atoms with Crippen molar-refractivity contribution in [3.8, 4) is 0 Å². The molecule has 4 rings (SSSR count). The summed E-state index contributed by atoms with van der Waals surface area (Å²) in [7, 11) is 0. The Balaban J connectivity index is 1.46. The molecule has 0 aromatic rings. The van der Waals surface area contributed by atoms with Gasteiger partial charge in [-0.3, -0.25) is 0 Å². The molecule has 0 N–H and O–H groups in total. The summed E-state index contributed by atoms with van der Waals surface area (Å²) in [4.78, 5) is 0. The third-order valence-electron chi connectivity index (χ3n) is 5.27. The smallest absolute Gasteiger partial charge is 0.311 e. The van der Waals surface area contributed by atoms with Crippen LogP contribution in [-0.2, 0) is 33.2 Å². The summed E-state index contributed by atoms with van der Waals surface area (Å²) < 4.78 is 41.7. The average molecular weight is 358 g/mol. The first-order valence-corrected chi connectivity index (χ1v) is 9.72. The van der Waals surface area contributed by atoms with E-state index in [1.54, 1.807) is 0 Å². The maximum atomic E-state index is 6.42. The molecular weight excluding hydrogens is 328 g/mol. The van der Waals surface area contributed by atoms with Gasteiger partial charge in [-0.2, -0.15) is 0 Å². The van der Waals surface area contributed by atoms with Crippen LogP contribution in [0.5, 0.6) is 0 Å². The standard InChI is InChI=1S/C18H30O7/c1-2-16(13-20-7-1)25-18(24-14-3-8-19-9-4-14)17(6-11-22-18)23-15-5-10-21-12-15/h14-17H,1-13H2. The Morgan fingerprint density at radius 1 is 0.640 bits per heavy atom. The van der Waals surface area contributed by atoms with E-state index in [2.05, 4.69) is 0 Å². The van der Waals surface area contributed by atoms with Crippen LogP contribution in [0.4, 0.5) is 0 Å². The largest absolute Gasteiger partial charge is 0.381 e. The predicted octanol–water partition coefficient (Wildman–Crippen LogP) is 1.63. The predicted molar refractivity (Wildman–Crippen MR) is 87.2 cm³/mol. The van der Waals surface area contributed by atoms with Crippen LogP contribution >= 0.6 is 0 Å². The highest BCUT2D eigenvalue weighted by atomic mass is 16.9. The first-order chi connectivity index (χ1) is 12.3. The first-order valence-electron chi connectivity index (χ1n) is 9.72. The summed E-state index contributed by atoms with van der Waals surface area (Å²) in [5, 5.41) is 0. The van der Waals surface area contributed by atoms with E-state index in [-0.39, 0.29) is 24.4 Å². The highest BCUT2D eigenvalue weighted by molar-refractivity contribution is 4.84. The molecule has 4 aliphatic heterocycles. The van der Waals surface area contributed by atoms with Gasteiger partial charge in [-0.15, -0.1) is 0 Å². The van der Waals surface area contributed by atoms with E-state index < -0.39 is 5.97 Å². The van der Waals surface area contributed by atoms with Gasteiger partial charge in [0.25, 0.3) is 0 Å². The second-order valence-corrected chi connectivity index (χ2v) is 7.24. The molecule has 4 fully saturated rings. The van der Waals surface area contributed by atoms with E-state index in [0.29, 0.717) is 19.8 Å². The van der Waals surface area contributed by atoms with Crippen molar-refractivity contribution < 1.29 is 33.2 Å². The first kappa shape index (κ1) is 18.1. The molecule has 25 heavy (non-hydrogen) atoms. The molecule has 4 heterocycles. The van der Waals surface area contributed by atoms with Crippen LogP contribution in [0.25, 0.3) is 0 Å². The van der Waals surface area contributed by atoms with Crippen molar-refractivity contribution in [2.45, 2.75) is 68.9 Å². The Kier molecular flexibility index (Phi) is 6.23. The van der Waals surface area contributed by atoms with Crippen LogP contribution < -0.4 is 0 Å².